The zero-order valence-corrected chi connectivity index (χ0v) is 14.6. The minimum absolute atomic E-state index is 0.0230. The van der Waals surface area contributed by atoms with E-state index in [1.165, 1.54) is 0 Å². The van der Waals surface area contributed by atoms with Gasteiger partial charge in [0.05, 0.1) is 6.10 Å². The Hall–Kier alpha value is -2.41. The van der Waals surface area contributed by atoms with Crippen LogP contribution in [0.4, 0.5) is 0 Å². The zero-order chi connectivity index (χ0) is 17.6. The number of para-hydroxylation sites is 1. The third-order valence-electron chi connectivity index (χ3n) is 4.19. The lowest BCUT2D eigenvalue weighted by molar-refractivity contribution is -0.138. The lowest BCUT2D eigenvalue weighted by Crippen LogP contribution is -2.45. The monoisotopic (exact) mass is 345 g/mol. The molecule has 3 rings (SSSR count). The second-order valence-corrected chi connectivity index (χ2v) is 6.20. The molecule has 0 unspecified atom stereocenters. The fourth-order valence-corrected chi connectivity index (χ4v) is 2.84. The Morgan fingerprint density at radius 1 is 1.36 bits per heavy atom. The smallest absolute Gasteiger partial charge is 0.260 e. The molecule has 1 atom stereocenters. The van der Waals surface area contributed by atoms with Gasteiger partial charge < -0.3 is 18.9 Å². The highest BCUT2D eigenvalue weighted by molar-refractivity contribution is 5.78. The quantitative estimate of drug-likeness (QED) is 0.799. The van der Waals surface area contributed by atoms with Crippen LogP contribution in [0.15, 0.2) is 28.8 Å². The molecule has 7 nitrogen and oxygen atoms in total. The number of carbonyl (C=O) groups excluding carboxylic acids is 1. The standard InChI is InChI=1S/C18H23N3O4/c1-13-6-3-4-8-16(13)24-12-18(22)21-9-5-7-15(10-21)23-11-17-19-14(2)20-25-17/h3-4,6,8,15H,5,7,9-12H2,1-2H3/t15-/m1/s1. The number of amides is 1. The summed E-state index contributed by atoms with van der Waals surface area (Å²) in [6, 6.07) is 7.68. The van der Waals surface area contributed by atoms with Gasteiger partial charge in [-0.15, -0.1) is 0 Å². The van der Waals surface area contributed by atoms with Crippen LogP contribution in [0, 0.1) is 13.8 Å². The van der Waals surface area contributed by atoms with Crippen molar-refractivity contribution in [3.8, 4) is 5.75 Å². The highest BCUT2D eigenvalue weighted by Crippen LogP contribution is 2.18. The van der Waals surface area contributed by atoms with Crippen LogP contribution in [-0.2, 0) is 16.1 Å². The Morgan fingerprint density at radius 2 is 2.20 bits per heavy atom. The van der Waals surface area contributed by atoms with Gasteiger partial charge in [0.2, 0.25) is 0 Å². The first-order chi connectivity index (χ1) is 12.1. The van der Waals surface area contributed by atoms with Crippen molar-refractivity contribution in [3.05, 3.63) is 41.5 Å². The number of carbonyl (C=O) groups is 1. The predicted octanol–water partition coefficient (Wildman–Crippen LogP) is 2.27. The van der Waals surface area contributed by atoms with Gasteiger partial charge in [0.15, 0.2) is 12.4 Å². The van der Waals surface area contributed by atoms with Crippen molar-refractivity contribution in [3.63, 3.8) is 0 Å². The molecular weight excluding hydrogens is 322 g/mol. The van der Waals surface area contributed by atoms with Crippen molar-refractivity contribution < 1.29 is 18.8 Å². The molecule has 0 radical (unpaired) electrons. The molecular formula is C18H23N3O4. The Balaban J connectivity index is 1.47. The Bertz CT molecular complexity index is 716. The molecule has 1 aliphatic rings. The average Bonchev–Trinajstić information content (AvgIpc) is 3.04. The van der Waals surface area contributed by atoms with Gasteiger partial charge >= 0.3 is 0 Å². The number of aromatic nitrogens is 2. The summed E-state index contributed by atoms with van der Waals surface area (Å²) < 4.78 is 16.5. The van der Waals surface area contributed by atoms with E-state index in [9.17, 15) is 4.79 Å². The number of rotatable bonds is 6. The molecule has 1 amide bonds. The van der Waals surface area contributed by atoms with E-state index >= 15 is 0 Å². The minimum Gasteiger partial charge on any atom is -0.484 e. The summed E-state index contributed by atoms with van der Waals surface area (Å²) in [5, 5.41) is 3.74. The van der Waals surface area contributed by atoms with E-state index in [4.69, 9.17) is 14.0 Å². The highest BCUT2D eigenvalue weighted by Gasteiger charge is 2.25. The summed E-state index contributed by atoms with van der Waals surface area (Å²) in [4.78, 5) is 18.3. The third-order valence-corrected chi connectivity index (χ3v) is 4.19. The molecule has 1 saturated heterocycles. The lowest BCUT2D eigenvalue weighted by Gasteiger charge is -2.32. The maximum absolute atomic E-state index is 12.4. The SMILES string of the molecule is Cc1noc(CO[C@@H]2CCCN(C(=O)COc3ccccc3C)C2)n1. The van der Waals surface area contributed by atoms with Gasteiger partial charge in [0.25, 0.3) is 11.8 Å². The Morgan fingerprint density at radius 3 is 2.96 bits per heavy atom. The van der Waals surface area contributed by atoms with Crippen molar-refractivity contribution in [1.29, 1.82) is 0 Å². The molecule has 134 valence electrons. The number of hydrogen-bond acceptors (Lipinski definition) is 6. The largest absolute Gasteiger partial charge is 0.484 e. The number of nitrogens with zero attached hydrogens (tertiary/aromatic N) is 3. The molecule has 1 fully saturated rings. The second-order valence-electron chi connectivity index (χ2n) is 6.20. The van der Waals surface area contributed by atoms with Crippen molar-refractivity contribution >= 4 is 5.91 Å². The number of piperidine rings is 1. The Kier molecular flexibility index (Phi) is 5.65. The zero-order valence-electron chi connectivity index (χ0n) is 14.6. The van der Waals surface area contributed by atoms with Gasteiger partial charge in [-0.05, 0) is 38.3 Å². The average molecular weight is 345 g/mol. The van der Waals surface area contributed by atoms with E-state index in [2.05, 4.69) is 10.1 Å². The molecule has 0 N–H and O–H groups in total. The van der Waals surface area contributed by atoms with Crippen LogP contribution in [0.25, 0.3) is 0 Å². The van der Waals surface area contributed by atoms with Crippen LogP contribution in [0.1, 0.15) is 30.1 Å². The topological polar surface area (TPSA) is 77.7 Å². The number of aryl methyl sites for hydroxylation is 2. The van der Waals surface area contributed by atoms with E-state index < -0.39 is 0 Å². The number of likely N-dealkylation sites (tertiary alicyclic amines) is 1. The molecule has 25 heavy (non-hydrogen) atoms. The van der Waals surface area contributed by atoms with E-state index in [1.807, 2.05) is 31.2 Å². The maximum Gasteiger partial charge on any atom is 0.260 e. The summed E-state index contributed by atoms with van der Waals surface area (Å²) in [5.74, 6) is 1.77. The lowest BCUT2D eigenvalue weighted by atomic mass is 10.1. The van der Waals surface area contributed by atoms with Crippen LogP contribution >= 0.6 is 0 Å². The van der Waals surface area contributed by atoms with Gasteiger partial charge in [-0.3, -0.25) is 4.79 Å². The molecule has 7 heteroatoms. The van der Waals surface area contributed by atoms with Gasteiger partial charge in [0, 0.05) is 13.1 Å². The Labute approximate surface area is 146 Å². The fourth-order valence-electron chi connectivity index (χ4n) is 2.84. The number of hydrogen-bond donors (Lipinski definition) is 0. The molecule has 0 bridgehead atoms. The van der Waals surface area contributed by atoms with Crippen molar-refractivity contribution in [2.45, 2.75) is 39.4 Å². The predicted molar refractivity (Wildman–Crippen MR) is 90.1 cm³/mol. The molecule has 0 spiro atoms. The van der Waals surface area contributed by atoms with Crippen LogP contribution in [0.2, 0.25) is 0 Å². The van der Waals surface area contributed by atoms with Gasteiger partial charge in [-0.25, -0.2) is 0 Å². The maximum atomic E-state index is 12.4. The summed E-state index contributed by atoms with van der Waals surface area (Å²) in [5.41, 5.74) is 1.02. The van der Waals surface area contributed by atoms with Gasteiger partial charge in [-0.2, -0.15) is 4.98 Å². The first-order valence-electron chi connectivity index (χ1n) is 8.49. The molecule has 2 heterocycles. The van der Waals surface area contributed by atoms with Crippen LogP contribution in [0.5, 0.6) is 5.75 Å². The third kappa shape index (κ3) is 4.79. The molecule has 1 aromatic carbocycles. The van der Waals surface area contributed by atoms with Crippen molar-refractivity contribution in [1.82, 2.24) is 15.0 Å². The molecule has 0 saturated carbocycles. The second kappa shape index (κ2) is 8.11. The van der Waals surface area contributed by atoms with E-state index in [0.29, 0.717) is 18.3 Å². The van der Waals surface area contributed by atoms with Crippen molar-refractivity contribution in [2.24, 2.45) is 0 Å². The summed E-state index contributed by atoms with van der Waals surface area (Å²) in [7, 11) is 0. The van der Waals surface area contributed by atoms with Crippen LogP contribution < -0.4 is 4.74 Å². The number of benzene rings is 1. The normalized spacial score (nSPS) is 17.5. The van der Waals surface area contributed by atoms with Gasteiger partial charge in [-0.1, -0.05) is 23.4 Å². The molecule has 1 aliphatic heterocycles. The molecule has 0 aliphatic carbocycles. The van der Waals surface area contributed by atoms with E-state index in [0.717, 1.165) is 30.7 Å². The summed E-state index contributed by atoms with van der Waals surface area (Å²) in [6.45, 7) is 5.33. The summed E-state index contributed by atoms with van der Waals surface area (Å²) >= 11 is 0. The van der Waals surface area contributed by atoms with Crippen LogP contribution in [0.3, 0.4) is 0 Å². The molecule has 1 aromatic heterocycles. The first kappa shape index (κ1) is 17.4. The minimum atomic E-state index is -0.0247. The van der Waals surface area contributed by atoms with E-state index in [-0.39, 0.29) is 25.2 Å². The fraction of sp³-hybridized carbons (Fsp3) is 0.500. The number of ether oxygens (including phenoxy) is 2. The molecule has 2 aromatic rings. The summed E-state index contributed by atoms with van der Waals surface area (Å²) in [6.07, 6.45) is 1.79. The van der Waals surface area contributed by atoms with Crippen LogP contribution in [-0.4, -0.2) is 46.7 Å². The van der Waals surface area contributed by atoms with E-state index in [1.54, 1.807) is 11.8 Å². The van der Waals surface area contributed by atoms with Crippen molar-refractivity contribution in [2.75, 3.05) is 19.7 Å². The van der Waals surface area contributed by atoms with Gasteiger partial charge in [0.1, 0.15) is 12.4 Å². The first-order valence-corrected chi connectivity index (χ1v) is 8.49. The highest BCUT2D eigenvalue weighted by atomic mass is 16.5.